The highest BCUT2D eigenvalue weighted by Gasteiger charge is 2.07. The molecule has 17 heavy (non-hydrogen) atoms. The quantitative estimate of drug-likeness (QED) is 0.665. The SMILES string of the molecule is CCOc1cc(NC(C)CC(C)O)ccc1N. The molecule has 2 unspecified atom stereocenters. The molecule has 4 heteroatoms. The molecule has 0 aromatic heterocycles. The van der Waals surface area contributed by atoms with Crippen LogP contribution >= 0.6 is 0 Å². The van der Waals surface area contributed by atoms with Crippen molar-refractivity contribution >= 4 is 11.4 Å². The van der Waals surface area contributed by atoms with E-state index in [1.54, 1.807) is 6.92 Å². The normalized spacial score (nSPS) is 14.1. The van der Waals surface area contributed by atoms with Crippen LogP contribution in [0.25, 0.3) is 0 Å². The smallest absolute Gasteiger partial charge is 0.144 e. The van der Waals surface area contributed by atoms with Gasteiger partial charge in [0, 0.05) is 17.8 Å². The van der Waals surface area contributed by atoms with Gasteiger partial charge in [-0.3, -0.25) is 0 Å². The second kappa shape index (κ2) is 6.35. The van der Waals surface area contributed by atoms with Crippen LogP contribution in [0.15, 0.2) is 18.2 Å². The van der Waals surface area contributed by atoms with Gasteiger partial charge in [-0.2, -0.15) is 0 Å². The predicted octanol–water partition coefficient (Wildman–Crippen LogP) is 2.24. The van der Waals surface area contributed by atoms with Crippen LogP contribution in [0.1, 0.15) is 27.2 Å². The fourth-order valence-electron chi connectivity index (χ4n) is 1.76. The molecule has 96 valence electrons. The van der Waals surface area contributed by atoms with E-state index in [9.17, 15) is 5.11 Å². The minimum absolute atomic E-state index is 0.202. The van der Waals surface area contributed by atoms with Crippen molar-refractivity contribution in [2.24, 2.45) is 0 Å². The molecule has 0 amide bonds. The summed E-state index contributed by atoms with van der Waals surface area (Å²) in [6, 6.07) is 5.82. The van der Waals surface area contributed by atoms with Gasteiger partial charge in [-0.25, -0.2) is 0 Å². The van der Waals surface area contributed by atoms with E-state index in [0.717, 1.165) is 5.69 Å². The molecule has 0 spiro atoms. The standard InChI is InChI=1S/C13H22N2O2/c1-4-17-13-8-11(5-6-12(13)14)15-9(2)7-10(3)16/h5-6,8-10,15-16H,4,7,14H2,1-3H3. The first kappa shape index (κ1) is 13.6. The third-order valence-electron chi connectivity index (χ3n) is 2.42. The van der Waals surface area contributed by atoms with E-state index < -0.39 is 0 Å². The average molecular weight is 238 g/mol. The van der Waals surface area contributed by atoms with E-state index in [1.807, 2.05) is 32.0 Å². The van der Waals surface area contributed by atoms with Gasteiger partial charge in [-0.15, -0.1) is 0 Å². The minimum Gasteiger partial charge on any atom is -0.492 e. The lowest BCUT2D eigenvalue weighted by atomic mass is 10.1. The summed E-state index contributed by atoms with van der Waals surface area (Å²) in [5.41, 5.74) is 7.39. The maximum Gasteiger partial charge on any atom is 0.144 e. The Morgan fingerprint density at radius 3 is 2.71 bits per heavy atom. The lowest BCUT2D eigenvalue weighted by molar-refractivity contribution is 0.179. The highest BCUT2D eigenvalue weighted by Crippen LogP contribution is 2.26. The van der Waals surface area contributed by atoms with Gasteiger partial charge in [-0.1, -0.05) is 0 Å². The van der Waals surface area contributed by atoms with Crippen molar-refractivity contribution in [1.82, 2.24) is 0 Å². The summed E-state index contributed by atoms with van der Waals surface area (Å²) in [6.45, 7) is 6.34. The summed E-state index contributed by atoms with van der Waals surface area (Å²) in [6.07, 6.45) is 0.395. The van der Waals surface area contributed by atoms with Gasteiger partial charge >= 0.3 is 0 Å². The van der Waals surface area contributed by atoms with Crippen LogP contribution in [0.2, 0.25) is 0 Å². The number of aliphatic hydroxyl groups excluding tert-OH is 1. The minimum atomic E-state index is -0.308. The zero-order valence-electron chi connectivity index (χ0n) is 10.7. The van der Waals surface area contributed by atoms with Crippen molar-refractivity contribution in [2.45, 2.75) is 39.3 Å². The first-order valence-corrected chi connectivity index (χ1v) is 5.99. The van der Waals surface area contributed by atoms with Crippen molar-refractivity contribution in [2.75, 3.05) is 17.7 Å². The molecular weight excluding hydrogens is 216 g/mol. The van der Waals surface area contributed by atoms with E-state index in [4.69, 9.17) is 10.5 Å². The van der Waals surface area contributed by atoms with E-state index in [1.165, 1.54) is 0 Å². The van der Waals surface area contributed by atoms with Gasteiger partial charge in [0.25, 0.3) is 0 Å². The van der Waals surface area contributed by atoms with Gasteiger partial charge in [-0.05, 0) is 39.3 Å². The third kappa shape index (κ3) is 4.53. The summed E-state index contributed by atoms with van der Waals surface area (Å²) in [7, 11) is 0. The molecule has 0 fully saturated rings. The topological polar surface area (TPSA) is 67.5 Å². The molecule has 4 nitrogen and oxygen atoms in total. The third-order valence-corrected chi connectivity index (χ3v) is 2.42. The molecule has 4 N–H and O–H groups in total. The lowest BCUT2D eigenvalue weighted by Gasteiger charge is -2.17. The van der Waals surface area contributed by atoms with Crippen molar-refractivity contribution in [3.8, 4) is 5.75 Å². The number of benzene rings is 1. The number of rotatable bonds is 6. The summed E-state index contributed by atoms with van der Waals surface area (Å²) in [5.74, 6) is 0.696. The Balaban J connectivity index is 2.68. The van der Waals surface area contributed by atoms with E-state index in [0.29, 0.717) is 24.5 Å². The van der Waals surface area contributed by atoms with Gasteiger partial charge in [0.2, 0.25) is 0 Å². The average Bonchev–Trinajstić information content (AvgIpc) is 2.22. The number of aliphatic hydroxyl groups is 1. The molecule has 0 aliphatic carbocycles. The van der Waals surface area contributed by atoms with Gasteiger partial charge in [0.05, 0.1) is 18.4 Å². The molecule has 0 bridgehead atoms. The highest BCUT2D eigenvalue weighted by atomic mass is 16.5. The van der Waals surface area contributed by atoms with Crippen LogP contribution in [0.4, 0.5) is 11.4 Å². The molecule has 0 saturated heterocycles. The maximum absolute atomic E-state index is 9.30. The van der Waals surface area contributed by atoms with Gasteiger partial charge in [0.1, 0.15) is 5.75 Å². The number of nitrogens with two attached hydrogens (primary N) is 1. The number of anilines is 2. The van der Waals surface area contributed by atoms with Crippen LogP contribution in [0, 0.1) is 0 Å². The zero-order chi connectivity index (χ0) is 12.8. The van der Waals surface area contributed by atoms with Crippen LogP contribution in [-0.2, 0) is 0 Å². The molecular formula is C13H22N2O2. The van der Waals surface area contributed by atoms with Crippen LogP contribution in [0.5, 0.6) is 5.75 Å². The summed E-state index contributed by atoms with van der Waals surface area (Å²) in [4.78, 5) is 0. The van der Waals surface area contributed by atoms with Crippen molar-refractivity contribution < 1.29 is 9.84 Å². The van der Waals surface area contributed by atoms with Crippen molar-refractivity contribution in [3.63, 3.8) is 0 Å². The molecule has 1 rings (SSSR count). The predicted molar refractivity (Wildman–Crippen MR) is 71.4 cm³/mol. The van der Waals surface area contributed by atoms with E-state index in [-0.39, 0.29) is 12.1 Å². The van der Waals surface area contributed by atoms with Gasteiger partial charge in [0.15, 0.2) is 0 Å². The molecule has 2 atom stereocenters. The molecule has 1 aromatic carbocycles. The molecule has 0 saturated carbocycles. The Bertz CT molecular complexity index is 353. The fourth-order valence-corrected chi connectivity index (χ4v) is 1.76. The van der Waals surface area contributed by atoms with Crippen molar-refractivity contribution in [3.05, 3.63) is 18.2 Å². The largest absolute Gasteiger partial charge is 0.492 e. The van der Waals surface area contributed by atoms with Gasteiger partial charge < -0.3 is 20.9 Å². The number of ether oxygens (including phenoxy) is 1. The molecule has 0 radical (unpaired) electrons. The fraction of sp³-hybridized carbons (Fsp3) is 0.538. The second-order valence-electron chi connectivity index (χ2n) is 4.32. The Labute approximate surface area is 103 Å². The number of hydrogen-bond acceptors (Lipinski definition) is 4. The molecule has 0 aliphatic rings. The monoisotopic (exact) mass is 238 g/mol. The Kier molecular flexibility index (Phi) is 5.10. The molecule has 0 heterocycles. The van der Waals surface area contributed by atoms with E-state index in [2.05, 4.69) is 5.32 Å². The molecule has 0 aliphatic heterocycles. The Morgan fingerprint density at radius 2 is 2.12 bits per heavy atom. The van der Waals surface area contributed by atoms with Crippen LogP contribution in [0.3, 0.4) is 0 Å². The number of hydrogen-bond donors (Lipinski definition) is 3. The van der Waals surface area contributed by atoms with Crippen molar-refractivity contribution in [1.29, 1.82) is 0 Å². The number of nitrogens with one attached hydrogen (secondary N) is 1. The van der Waals surface area contributed by atoms with Crippen LogP contribution in [-0.4, -0.2) is 23.9 Å². The summed E-state index contributed by atoms with van der Waals surface area (Å²) in [5, 5.41) is 12.6. The lowest BCUT2D eigenvalue weighted by Crippen LogP contribution is -2.20. The maximum atomic E-state index is 9.30. The number of nitrogen functional groups attached to an aromatic ring is 1. The summed E-state index contributed by atoms with van der Waals surface area (Å²) >= 11 is 0. The zero-order valence-corrected chi connectivity index (χ0v) is 10.7. The van der Waals surface area contributed by atoms with Crippen LogP contribution < -0.4 is 15.8 Å². The first-order valence-electron chi connectivity index (χ1n) is 5.99. The first-order chi connectivity index (χ1) is 8.02. The molecule has 1 aromatic rings. The Hall–Kier alpha value is -1.42. The Morgan fingerprint density at radius 1 is 1.41 bits per heavy atom. The summed E-state index contributed by atoms with van der Waals surface area (Å²) < 4.78 is 5.43. The van der Waals surface area contributed by atoms with E-state index >= 15 is 0 Å². The second-order valence-corrected chi connectivity index (χ2v) is 4.32. The highest BCUT2D eigenvalue weighted by molar-refractivity contribution is 5.61.